The second-order valence-electron chi connectivity index (χ2n) is 4.68. The molecule has 0 saturated heterocycles. The van der Waals surface area contributed by atoms with Gasteiger partial charge >= 0.3 is 0 Å². The van der Waals surface area contributed by atoms with Gasteiger partial charge < -0.3 is 5.32 Å². The molecule has 0 fully saturated rings. The van der Waals surface area contributed by atoms with Crippen LogP contribution < -0.4 is 16.2 Å². The van der Waals surface area contributed by atoms with E-state index in [-0.39, 0.29) is 12.5 Å². The Balaban J connectivity index is 1.80. The van der Waals surface area contributed by atoms with Crippen molar-refractivity contribution in [2.45, 2.75) is 0 Å². The third-order valence-electron chi connectivity index (χ3n) is 2.93. The molecule has 0 unspecified atom stereocenters. The topological polar surface area (TPSA) is 87.3 Å². The smallest absolute Gasteiger partial charge is 0.270 e. The van der Waals surface area contributed by atoms with Crippen LogP contribution in [-0.4, -0.2) is 24.3 Å². The molecule has 8 heteroatoms. The van der Waals surface area contributed by atoms with Gasteiger partial charge in [-0.15, -0.1) is 0 Å². The Kier molecular flexibility index (Phi) is 6.51. The second-order valence-corrected chi connectivity index (χ2v) is 6.45. The summed E-state index contributed by atoms with van der Waals surface area (Å²) < 4.78 is 1.38. The third-order valence-corrected chi connectivity index (χ3v) is 4.11. The number of hydrazine groups is 1. The number of hydrogen-bond acceptors (Lipinski definition) is 3. The molecule has 0 aliphatic heterocycles. The van der Waals surface area contributed by atoms with E-state index in [0.29, 0.717) is 15.6 Å². The predicted octanol–water partition coefficient (Wildman–Crippen LogP) is 2.40. The van der Waals surface area contributed by atoms with Crippen LogP contribution in [0.1, 0.15) is 20.7 Å². The van der Waals surface area contributed by atoms with Crippen LogP contribution >= 0.6 is 31.9 Å². The van der Waals surface area contributed by atoms with Gasteiger partial charge in [-0.3, -0.25) is 25.2 Å². The quantitative estimate of drug-likeness (QED) is 0.620. The lowest BCUT2D eigenvalue weighted by molar-refractivity contribution is -0.120. The fourth-order valence-electron chi connectivity index (χ4n) is 1.78. The van der Waals surface area contributed by atoms with Crippen molar-refractivity contribution in [3.05, 3.63) is 68.6 Å². The highest BCUT2D eigenvalue weighted by Gasteiger charge is 2.11. The largest absolute Gasteiger partial charge is 0.343 e. The number of amides is 3. The van der Waals surface area contributed by atoms with E-state index in [1.807, 2.05) is 0 Å². The van der Waals surface area contributed by atoms with E-state index < -0.39 is 11.8 Å². The van der Waals surface area contributed by atoms with Crippen molar-refractivity contribution >= 4 is 49.6 Å². The number of carbonyl (C=O) groups is 3. The molecule has 0 saturated carbocycles. The minimum Gasteiger partial charge on any atom is -0.343 e. The lowest BCUT2D eigenvalue weighted by Gasteiger charge is -2.09. The Hall–Kier alpha value is -2.19. The van der Waals surface area contributed by atoms with E-state index in [2.05, 4.69) is 48.0 Å². The predicted molar refractivity (Wildman–Crippen MR) is 96.2 cm³/mol. The van der Waals surface area contributed by atoms with Crippen molar-refractivity contribution in [2.75, 3.05) is 6.54 Å². The zero-order chi connectivity index (χ0) is 17.5. The van der Waals surface area contributed by atoms with Gasteiger partial charge in [0.25, 0.3) is 17.7 Å². The van der Waals surface area contributed by atoms with Crippen LogP contribution in [-0.2, 0) is 4.79 Å². The summed E-state index contributed by atoms with van der Waals surface area (Å²) in [6.07, 6.45) is 0. The summed E-state index contributed by atoms with van der Waals surface area (Å²) in [5.41, 5.74) is 5.34. The lowest BCUT2D eigenvalue weighted by Crippen LogP contribution is -2.46. The number of benzene rings is 2. The molecule has 124 valence electrons. The van der Waals surface area contributed by atoms with E-state index in [9.17, 15) is 14.4 Å². The maximum atomic E-state index is 11.9. The van der Waals surface area contributed by atoms with Crippen LogP contribution in [0, 0.1) is 0 Å². The molecule has 0 spiro atoms. The first-order valence-corrected chi connectivity index (χ1v) is 8.43. The van der Waals surface area contributed by atoms with E-state index >= 15 is 0 Å². The molecule has 6 nitrogen and oxygen atoms in total. The summed E-state index contributed by atoms with van der Waals surface area (Å²) in [6.45, 7) is -0.262. The van der Waals surface area contributed by atoms with Crippen LogP contribution in [0.5, 0.6) is 0 Å². The molecule has 0 atom stereocenters. The lowest BCUT2D eigenvalue weighted by atomic mass is 10.2. The number of rotatable bonds is 4. The first kappa shape index (κ1) is 18.2. The molecule has 2 aromatic carbocycles. The van der Waals surface area contributed by atoms with E-state index in [0.717, 1.165) is 4.47 Å². The molecule has 3 amide bonds. The second kappa shape index (κ2) is 8.60. The summed E-state index contributed by atoms with van der Waals surface area (Å²) >= 11 is 6.52. The van der Waals surface area contributed by atoms with Crippen molar-refractivity contribution < 1.29 is 14.4 Å². The van der Waals surface area contributed by atoms with Gasteiger partial charge in [0.1, 0.15) is 0 Å². The molecule has 0 bridgehead atoms. The summed E-state index contributed by atoms with van der Waals surface area (Å²) in [4.78, 5) is 35.5. The molecule has 0 aromatic heterocycles. The Morgan fingerprint density at radius 1 is 0.875 bits per heavy atom. The molecular formula is C16H13Br2N3O3. The number of hydrogen-bond donors (Lipinski definition) is 3. The van der Waals surface area contributed by atoms with Gasteiger partial charge in [0.15, 0.2) is 0 Å². The Bertz CT molecular complexity index is 781. The van der Waals surface area contributed by atoms with Gasteiger partial charge in [0.05, 0.1) is 12.1 Å². The normalized spacial score (nSPS) is 9.92. The van der Waals surface area contributed by atoms with Crippen molar-refractivity contribution in [3.8, 4) is 0 Å². The van der Waals surface area contributed by atoms with E-state index in [4.69, 9.17) is 0 Å². The number of halogens is 2. The first-order chi connectivity index (χ1) is 11.5. The standard InChI is InChI=1S/C16H13Br2N3O3/c17-11-5-3-4-10(8-11)15(23)19-9-14(22)20-21-16(24)12-6-1-2-7-13(12)18/h1-8H,9H2,(H,19,23)(H,20,22)(H,21,24). The Morgan fingerprint density at radius 3 is 2.33 bits per heavy atom. The molecule has 2 aromatic rings. The van der Waals surface area contributed by atoms with Crippen LogP contribution in [0.15, 0.2) is 57.5 Å². The van der Waals surface area contributed by atoms with E-state index in [1.54, 1.807) is 48.5 Å². The molecule has 0 radical (unpaired) electrons. The van der Waals surface area contributed by atoms with Gasteiger partial charge in [-0.2, -0.15) is 0 Å². The fraction of sp³-hybridized carbons (Fsp3) is 0.0625. The molecule has 0 heterocycles. The van der Waals surface area contributed by atoms with Gasteiger partial charge in [0.2, 0.25) is 0 Å². The summed E-state index contributed by atoms with van der Waals surface area (Å²) in [7, 11) is 0. The monoisotopic (exact) mass is 453 g/mol. The van der Waals surface area contributed by atoms with Crippen LogP contribution in [0.4, 0.5) is 0 Å². The molecule has 0 aliphatic rings. The zero-order valence-electron chi connectivity index (χ0n) is 12.3. The maximum Gasteiger partial charge on any atom is 0.270 e. The molecule has 24 heavy (non-hydrogen) atoms. The summed E-state index contributed by atoms with van der Waals surface area (Å²) in [5, 5.41) is 2.47. The minimum absolute atomic E-state index is 0.262. The van der Waals surface area contributed by atoms with Gasteiger partial charge in [-0.05, 0) is 46.3 Å². The highest BCUT2D eigenvalue weighted by Crippen LogP contribution is 2.15. The fourth-order valence-corrected chi connectivity index (χ4v) is 2.64. The Labute approximate surface area is 155 Å². The van der Waals surface area contributed by atoms with Gasteiger partial charge in [0, 0.05) is 14.5 Å². The van der Waals surface area contributed by atoms with Crippen LogP contribution in [0.2, 0.25) is 0 Å². The van der Waals surface area contributed by atoms with Crippen molar-refractivity contribution in [2.24, 2.45) is 0 Å². The van der Waals surface area contributed by atoms with Crippen LogP contribution in [0.3, 0.4) is 0 Å². The minimum atomic E-state index is -0.543. The number of nitrogens with one attached hydrogen (secondary N) is 3. The molecule has 2 rings (SSSR count). The molecular weight excluding hydrogens is 442 g/mol. The third kappa shape index (κ3) is 5.17. The average Bonchev–Trinajstić information content (AvgIpc) is 2.58. The van der Waals surface area contributed by atoms with Crippen molar-refractivity contribution in [1.29, 1.82) is 0 Å². The highest BCUT2D eigenvalue weighted by atomic mass is 79.9. The van der Waals surface area contributed by atoms with Gasteiger partial charge in [-0.25, -0.2) is 0 Å². The summed E-state index contributed by atoms with van der Waals surface area (Å²) in [6, 6.07) is 13.6. The van der Waals surface area contributed by atoms with E-state index in [1.165, 1.54) is 0 Å². The number of carbonyl (C=O) groups excluding carboxylic acids is 3. The van der Waals surface area contributed by atoms with Crippen molar-refractivity contribution in [1.82, 2.24) is 16.2 Å². The summed E-state index contributed by atoms with van der Waals surface area (Å²) in [5.74, 6) is -1.39. The van der Waals surface area contributed by atoms with Crippen LogP contribution in [0.25, 0.3) is 0 Å². The average molecular weight is 455 g/mol. The Morgan fingerprint density at radius 2 is 1.62 bits per heavy atom. The molecule has 3 N–H and O–H groups in total. The highest BCUT2D eigenvalue weighted by molar-refractivity contribution is 9.10. The van der Waals surface area contributed by atoms with Gasteiger partial charge in [-0.1, -0.05) is 34.1 Å². The van der Waals surface area contributed by atoms with Crippen molar-refractivity contribution in [3.63, 3.8) is 0 Å². The zero-order valence-corrected chi connectivity index (χ0v) is 15.5. The first-order valence-electron chi connectivity index (χ1n) is 6.85. The SMILES string of the molecule is O=C(CNC(=O)c1cccc(Br)c1)NNC(=O)c1ccccc1Br. The molecule has 0 aliphatic carbocycles. The maximum absolute atomic E-state index is 11.9.